The smallest absolute Gasteiger partial charge is 0.266 e. The summed E-state index contributed by atoms with van der Waals surface area (Å²) in [5, 5.41) is 1.48. The van der Waals surface area contributed by atoms with Gasteiger partial charge in [-0.05, 0) is 49.7 Å². The number of nitrogens with zero attached hydrogens (tertiary/aromatic N) is 2. The standard InChI is InChI=1S/C20H19ClN2O3S/c1-12-4-7-18(26-3)17(10-12)23-19(25)15-6-5-14(21)11-16(15)22-20(23)27-9-8-13(2)24/h4-7,10-11H,8-9H2,1-3H3. The number of Topliss-reactive ketones (excluding diaryl/α,β-unsaturated/α-hetero) is 1. The van der Waals surface area contributed by atoms with Gasteiger partial charge in [0.05, 0.1) is 23.7 Å². The van der Waals surface area contributed by atoms with E-state index in [1.165, 1.54) is 11.8 Å². The van der Waals surface area contributed by atoms with Crippen LogP contribution in [0.15, 0.2) is 46.3 Å². The quantitative estimate of drug-likeness (QED) is 0.451. The number of aromatic nitrogens is 2. The number of rotatable bonds is 6. The minimum absolute atomic E-state index is 0.0911. The maximum absolute atomic E-state index is 13.3. The molecule has 0 bridgehead atoms. The van der Waals surface area contributed by atoms with Crippen LogP contribution in [0.4, 0.5) is 0 Å². The first-order chi connectivity index (χ1) is 12.9. The highest BCUT2D eigenvalue weighted by Crippen LogP contribution is 2.29. The molecule has 5 nitrogen and oxygen atoms in total. The number of hydrogen-bond donors (Lipinski definition) is 0. The van der Waals surface area contributed by atoms with E-state index in [0.29, 0.717) is 44.7 Å². The molecule has 27 heavy (non-hydrogen) atoms. The summed E-state index contributed by atoms with van der Waals surface area (Å²) in [6.45, 7) is 3.50. The van der Waals surface area contributed by atoms with E-state index in [1.807, 2.05) is 25.1 Å². The van der Waals surface area contributed by atoms with Gasteiger partial charge >= 0.3 is 0 Å². The fraction of sp³-hybridized carbons (Fsp3) is 0.250. The fourth-order valence-corrected chi connectivity index (χ4v) is 3.92. The van der Waals surface area contributed by atoms with Crippen LogP contribution in [0.3, 0.4) is 0 Å². The summed E-state index contributed by atoms with van der Waals surface area (Å²) in [5.41, 5.74) is 1.94. The third kappa shape index (κ3) is 4.17. The highest BCUT2D eigenvalue weighted by Gasteiger charge is 2.17. The Bertz CT molecular complexity index is 1080. The lowest BCUT2D eigenvalue weighted by Gasteiger charge is -2.16. The molecule has 140 valence electrons. The van der Waals surface area contributed by atoms with Gasteiger partial charge in [-0.2, -0.15) is 0 Å². The van der Waals surface area contributed by atoms with Gasteiger partial charge in [0.25, 0.3) is 5.56 Å². The minimum Gasteiger partial charge on any atom is -0.495 e. The second-order valence-electron chi connectivity index (χ2n) is 6.17. The van der Waals surface area contributed by atoms with Gasteiger partial charge in [0.2, 0.25) is 0 Å². The molecular weight excluding hydrogens is 384 g/mol. The summed E-state index contributed by atoms with van der Waals surface area (Å²) < 4.78 is 7.02. The van der Waals surface area contributed by atoms with Crippen LogP contribution in [0.2, 0.25) is 5.02 Å². The van der Waals surface area contributed by atoms with E-state index in [4.69, 9.17) is 16.3 Å². The van der Waals surface area contributed by atoms with Crippen LogP contribution in [-0.4, -0.2) is 28.2 Å². The second-order valence-corrected chi connectivity index (χ2v) is 7.67. The Hall–Kier alpha value is -2.31. The Balaban J connectivity index is 2.27. The molecule has 0 saturated heterocycles. The van der Waals surface area contributed by atoms with Crippen molar-refractivity contribution in [1.82, 2.24) is 9.55 Å². The molecule has 0 atom stereocenters. The van der Waals surface area contributed by atoms with Crippen molar-refractivity contribution in [3.8, 4) is 11.4 Å². The van der Waals surface area contributed by atoms with Crippen molar-refractivity contribution in [1.29, 1.82) is 0 Å². The molecule has 2 aromatic carbocycles. The van der Waals surface area contributed by atoms with E-state index in [2.05, 4.69) is 4.98 Å². The van der Waals surface area contributed by atoms with Crippen LogP contribution in [0.5, 0.6) is 5.75 Å². The van der Waals surface area contributed by atoms with Gasteiger partial charge in [-0.25, -0.2) is 4.98 Å². The Kier molecular flexibility index (Phi) is 5.87. The summed E-state index contributed by atoms with van der Waals surface area (Å²) >= 11 is 7.44. The second kappa shape index (κ2) is 8.15. The minimum atomic E-state index is -0.203. The van der Waals surface area contributed by atoms with Gasteiger partial charge in [-0.3, -0.25) is 14.2 Å². The lowest BCUT2D eigenvalue weighted by molar-refractivity contribution is -0.116. The first-order valence-electron chi connectivity index (χ1n) is 8.40. The number of fused-ring (bicyclic) bond motifs is 1. The van der Waals surface area contributed by atoms with Crippen LogP contribution in [0, 0.1) is 6.92 Å². The summed E-state index contributed by atoms with van der Waals surface area (Å²) in [5.74, 6) is 1.20. The monoisotopic (exact) mass is 402 g/mol. The van der Waals surface area contributed by atoms with Crippen LogP contribution >= 0.6 is 23.4 Å². The molecule has 0 amide bonds. The molecule has 7 heteroatoms. The molecule has 0 aliphatic carbocycles. The molecule has 0 fully saturated rings. The zero-order chi connectivity index (χ0) is 19.6. The average Bonchev–Trinajstić information content (AvgIpc) is 2.61. The first kappa shape index (κ1) is 19.5. The molecule has 0 unspecified atom stereocenters. The number of ether oxygens (including phenoxy) is 1. The summed E-state index contributed by atoms with van der Waals surface area (Å²) in [6.07, 6.45) is 0.402. The molecule has 0 aliphatic rings. The number of carbonyl (C=O) groups excluding carboxylic acids is 1. The lowest BCUT2D eigenvalue weighted by atomic mass is 10.2. The normalized spacial score (nSPS) is 11.0. The predicted octanol–water partition coefficient (Wildman–Crippen LogP) is 4.43. The molecule has 0 N–H and O–H groups in total. The van der Waals surface area contributed by atoms with Crippen LogP contribution in [-0.2, 0) is 4.79 Å². The van der Waals surface area contributed by atoms with Gasteiger partial charge < -0.3 is 4.74 Å². The molecule has 1 heterocycles. The van der Waals surface area contributed by atoms with Gasteiger partial charge in [0.1, 0.15) is 11.5 Å². The molecule has 3 aromatic rings. The van der Waals surface area contributed by atoms with Crippen molar-refractivity contribution < 1.29 is 9.53 Å². The number of halogens is 1. The first-order valence-corrected chi connectivity index (χ1v) is 9.76. The molecule has 0 aliphatic heterocycles. The average molecular weight is 403 g/mol. The Morgan fingerprint density at radius 1 is 1.26 bits per heavy atom. The molecule has 1 aromatic heterocycles. The van der Waals surface area contributed by atoms with Crippen LogP contribution in [0.25, 0.3) is 16.6 Å². The molecule has 0 radical (unpaired) electrons. The van der Waals surface area contributed by atoms with Crippen molar-refractivity contribution in [3.63, 3.8) is 0 Å². The largest absolute Gasteiger partial charge is 0.495 e. The zero-order valence-corrected chi connectivity index (χ0v) is 16.9. The third-order valence-electron chi connectivity index (χ3n) is 4.06. The number of benzene rings is 2. The number of hydrogen-bond acceptors (Lipinski definition) is 5. The third-order valence-corrected chi connectivity index (χ3v) is 5.24. The molecule has 0 saturated carbocycles. The highest BCUT2D eigenvalue weighted by atomic mass is 35.5. The van der Waals surface area contributed by atoms with E-state index in [1.54, 1.807) is 36.8 Å². The number of ketones is 1. The highest BCUT2D eigenvalue weighted by molar-refractivity contribution is 7.99. The van der Waals surface area contributed by atoms with E-state index in [-0.39, 0.29) is 11.3 Å². The molecule has 3 rings (SSSR count). The molecular formula is C20H19ClN2O3S. The molecule has 0 spiro atoms. The lowest BCUT2D eigenvalue weighted by Crippen LogP contribution is -2.22. The van der Waals surface area contributed by atoms with Gasteiger partial charge in [-0.1, -0.05) is 29.4 Å². The van der Waals surface area contributed by atoms with E-state index in [9.17, 15) is 9.59 Å². The fourth-order valence-electron chi connectivity index (χ4n) is 2.71. The number of carbonyl (C=O) groups is 1. The van der Waals surface area contributed by atoms with E-state index >= 15 is 0 Å². The summed E-state index contributed by atoms with van der Waals surface area (Å²) in [6, 6.07) is 10.7. The Morgan fingerprint density at radius 2 is 2.04 bits per heavy atom. The maximum Gasteiger partial charge on any atom is 0.266 e. The van der Waals surface area contributed by atoms with Gasteiger partial charge in [0.15, 0.2) is 5.16 Å². The number of thioether (sulfide) groups is 1. The number of methoxy groups -OCH3 is 1. The van der Waals surface area contributed by atoms with Gasteiger partial charge in [-0.15, -0.1) is 0 Å². The van der Waals surface area contributed by atoms with Crippen molar-refractivity contribution >= 4 is 40.0 Å². The maximum atomic E-state index is 13.3. The van der Waals surface area contributed by atoms with Crippen molar-refractivity contribution in [2.75, 3.05) is 12.9 Å². The van der Waals surface area contributed by atoms with Crippen molar-refractivity contribution in [3.05, 3.63) is 57.3 Å². The van der Waals surface area contributed by atoms with E-state index in [0.717, 1.165) is 5.56 Å². The zero-order valence-electron chi connectivity index (χ0n) is 15.3. The number of aryl methyl sites for hydroxylation is 1. The van der Waals surface area contributed by atoms with Crippen molar-refractivity contribution in [2.45, 2.75) is 25.4 Å². The summed E-state index contributed by atoms with van der Waals surface area (Å²) in [4.78, 5) is 29.2. The van der Waals surface area contributed by atoms with Crippen LogP contribution in [0.1, 0.15) is 18.9 Å². The van der Waals surface area contributed by atoms with Gasteiger partial charge in [0, 0.05) is 17.2 Å². The van der Waals surface area contributed by atoms with E-state index < -0.39 is 0 Å². The van der Waals surface area contributed by atoms with Crippen molar-refractivity contribution in [2.24, 2.45) is 0 Å². The van der Waals surface area contributed by atoms with Crippen LogP contribution < -0.4 is 10.3 Å². The Labute approximate surface area is 166 Å². The SMILES string of the molecule is COc1ccc(C)cc1-n1c(SCCC(C)=O)nc2cc(Cl)ccc2c1=O. The predicted molar refractivity (Wildman–Crippen MR) is 110 cm³/mol. The topological polar surface area (TPSA) is 61.2 Å². The Morgan fingerprint density at radius 3 is 2.74 bits per heavy atom. The summed E-state index contributed by atoms with van der Waals surface area (Å²) in [7, 11) is 1.57.